The van der Waals surface area contributed by atoms with Gasteiger partial charge in [-0.25, -0.2) is 0 Å². The van der Waals surface area contributed by atoms with Crippen LogP contribution in [0.25, 0.3) is 0 Å². The molecule has 0 bridgehead atoms. The van der Waals surface area contributed by atoms with E-state index in [2.05, 4.69) is 4.98 Å². The standard InChI is InChI=1S/C13H19N3O2/c1-9(17)10-3-6-16(7-4-10)13(18)11-8-15-5-2-12(11)14/h2,5,8-10,17H,3-4,6-7H2,1H3,(H2,14,15). The molecule has 18 heavy (non-hydrogen) atoms. The van der Waals surface area contributed by atoms with E-state index >= 15 is 0 Å². The fraction of sp³-hybridized carbons (Fsp3) is 0.538. The van der Waals surface area contributed by atoms with Crippen molar-refractivity contribution < 1.29 is 9.90 Å². The average Bonchev–Trinajstić information content (AvgIpc) is 2.38. The minimum absolute atomic E-state index is 0.0651. The van der Waals surface area contributed by atoms with E-state index in [1.54, 1.807) is 24.1 Å². The van der Waals surface area contributed by atoms with Gasteiger partial charge in [0.1, 0.15) is 0 Å². The number of aromatic nitrogens is 1. The molecule has 1 aliphatic rings. The average molecular weight is 249 g/mol. The Balaban J connectivity index is 2.02. The summed E-state index contributed by atoms with van der Waals surface area (Å²) in [5.74, 6) is 0.227. The first-order valence-electron chi connectivity index (χ1n) is 6.26. The molecule has 0 aromatic carbocycles. The molecule has 2 rings (SSSR count). The highest BCUT2D eigenvalue weighted by Gasteiger charge is 2.26. The highest BCUT2D eigenvalue weighted by molar-refractivity contribution is 5.98. The van der Waals surface area contributed by atoms with Gasteiger partial charge >= 0.3 is 0 Å². The van der Waals surface area contributed by atoms with Crippen LogP contribution in [0.4, 0.5) is 5.69 Å². The zero-order valence-corrected chi connectivity index (χ0v) is 10.5. The third kappa shape index (κ3) is 2.61. The second kappa shape index (κ2) is 5.35. The number of nitrogen functional groups attached to an aromatic ring is 1. The van der Waals surface area contributed by atoms with Crippen LogP contribution in [0.15, 0.2) is 18.5 Å². The summed E-state index contributed by atoms with van der Waals surface area (Å²) in [6, 6.07) is 1.63. The molecule has 2 heterocycles. The van der Waals surface area contributed by atoms with Gasteiger partial charge in [-0.1, -0.05) is 0 Å². The number of carbonyl (C=O) groups excluding carboxylic acids is 1. The second-order valence-electron chi connectivity index (χ2n) is 4.83. The van der Waals surface area contributed by atoms with Crippen molar-refractivity contribution in [3.63, 3.8) is 0 Å². The number of aliphatic hydroxyl groups is 1. The summed E-state index contributed by atoms with van der Waals surface area (Å²) >= 11 is 0. The van der Waals surface area contributed by atoms with Gasteiger partial charge in [-0.2, -0.15) is 0 Å². The molecule has 0 aliphatic carbocycles. The summed E-state index contributed by atoms with van der Waals surface area (Å²) in [7, 11) is 0. The van der Waals surface area contributed by atoms with Crippen molar-refractivity contribution in [3.8, 4) is 0 Å². The van der Waals surface area contributed by atoms with Crippen molar-refractivity contribution in [1.82, 2.24) is 9.88 Å². The second-order valence-corrected chi connectivity index (χ2v) is 4.83. The van der Waals surface area contributed by atoms with Crippen molar-refractivity contribution in [2.24, 2.45) is 5.92 Å². The number of carbonyl (C=O) groups is 1. The SMILES string of the molecule is CC(O)C1CCN(C(=O)c2cnccc2N)CC1. The van der Waals surface area contributed by atoms with E-state index in [9.17, 15) is 9.90 Å². The number of hydrogen-bond acceptors (Lipinski definition) is 4. The Kier molecular flexibility index (Phi) is 3.81. The number of rotatable bonds is 2. The van der Waals surface area contributed by atoms with Gasteiger partial charge in [-0.15, -0.1) is 0 Å². The highest BCUT2D eigenvalue weighted by Crippen LogP contribution is 2.22. The normalized spacial score (nSPS) is 18.7. The number of likely N-dealkylation sites (tertiary alicyclic amines) is 1. The van der Waals surface area contributed by atoms with E-state index in [4.69, 9.17) is 5.73 Å². The molecule has 1 fully saturated rings. The lowest BCUT2D eigenvalue weighted by Crippen LogP contribution is -2.41. The Labute approximate surface area is 107 Å². The van der Waals surface area contributed by atoms with Gasteiger partial charge < -0.3 is 15.7 Å². The maximum Gasteiger partial charge on any atom is 0.257 e. The van der Waals surface area contributed by atoms with Gasteiger partial charge in [0.05, 0.1) is 11.7 Å². The monoisotopic (exact) mass is 249 g/mol. The van der Waals surface area contributed by atoms with Crippen LogP contribution in [0.5, 0.6) is 0 Å². The number of piperidine rings is 1. The Hall–Kier alpha value is -1.62. The summed E-state index contributed by atoms with van der Waals surface area (Å²) in [4.78, 5) is 18.0. The summed E-state index contributed by atoms with van der Waals surface area (Å²) in [6.07, 6.45) is 4.46. The van der Waals surface area contributed by atoms with E-state index in [1.165, 1.54) is 6.20 Å². The number of pyridine rings is 1. The number of amides is 1. The van der Waals surface area contributed by atoms with Crippen LogP contribution < -0.4 is 5.73 Å². The van der Waals surface area contributed by atoms with Crippen molar-refractivity contribution in [2.45, 2.75) is 25.9 Å². The number of hydrogen-bond donors (Lipinski definition) is 2. The van der Waals surface area contributed by atoms with Crippen LogP contribution in [-0.4, -0.2) is 40.1 Å². The Morgan fingerprint density at radius 3 is 2.78 bits per heavy atom. The molecule has 1 atom stereocenters. The van der Waals surface area contributed by atoms with Gasteiger partial charge in [0.15, 0.2) is 0 Å². The summed E-state index contributed by atoms with van der Waals surface area (Å²) in [6.45, 7) is 3.15. The van der Waals surface area contributed by atoms with Crippen LogP contribution in [-0.2, 0) is 0 Å². The number of anilines is 1. The minimum atomic E-state index is -0.300. The minimum Gasteiger partial charge on any atom is -0.398 e. The van der Waals surface area contributed by atoms with Crippen molar-refractivity contribution in [2.75, 3.05) is 18.8 Å². The smallest absolute Gasteiger partial charge is 0.257 e. The molecule has 1 aromatic heterocycles. The van der Waals surface area contributed by atoms with E-state index in [1.807, 2.05) is 0 Å². The Morgan fingerprint density at radius 1 is 1.56 bits per heavy atom. The van der Waals surface area contributed by atoms with Gasteiger partial charge in [0.25, 0.3) is 5.91 Å². The maximum absolute atomic E-state index is 12.2. The maximum atomic E-state index is 12.2. The van der Waals surface area contributed by atoms with Crippen molar-refractivity contribution in [1.29, 1.82) is 0 Å². The first-order chi connectivity index (χ1) is 8.59. The molecule has 3 N–H and O–H groups in total. The van der Waals surface area contributed by atoms with Crippen LogP contribution in [0.2, 0.25) is 0 Å². The first-order valence-corrected chi connectivity index (χ1v) is 6.26. The van der Waals surface area contributed by atoms with E-state index < -0.39 is 0 Å². The molecule has 5 nitrogen and oxygen atoms in total. The van der Waals surface area contributed by atoms with Crippen LogP contribution in [0.1, 0.15) is 30.1 Å². The summed E-state index contributed by atoms with van der Waals surface area (Å²) < 4.78 is 0. The first kappa shape index (κ1) is 12.8. The molecule has 5 heteroatoms. The molecule has 1 saturated heterocycles. The highest BCUT2D eigenvalue weighted by atomic mass is 16.3. The fourth-order valence-corrected chi connectivity index (χ4v) is 2.34. The van der Waals surface area contributed by atoms with Gasteiger partial charge in [0.2, 0.25) is 0 Å². The largest absolute Gasteiger partial charge is 0.398 e. The Bertz CT molecular complexity index is 426. The molecule has 98 valence electrons. The van der Waals surface area contributed by atoms with Crippen LogP contribution in [0, 0.1) is 5.92 Å². The molecular weight excluding hydrogens is 230 g/mol. The lowest BCUT2D eigenvalue weighted by atomic mass is 9.92. The third-order valence-corrected chi connectivity index (χ3v) is 3.59. The molecule has 1 aromatic rings. The lowest BCUT2D eigenvalue weighted by molar-refractivity contribution is 0.0522. The van der Waals surface area contributed by atoms with E-state index in [0.29, 0.717) is 30.3 Å². The quantitative estimate of drug-likeness (QED) is 0.816. The van der Waals surface area contributed by atoms with Crippen molar-refractivity contribution in [3.05, 3.63) is 24.0 Å². The van der Waals surface area contributed by atoms with E-state index in [0.717, 1.165) is 12.8 Å². The van der Waals surface area contributed by atoms with Crippen molar-refractivity contribution >= 4 is 11.6 Å². The van der Waals surface area contributed by atoms with Gasteiger partial charge in [-0.3, -0.25) is 9.78 Å². The topological polar surface area (TPSA) is 79.5 Å². The fourth-order valence-electron chi connectivity index (χ4n) is 2.34. The van der Waals surface area contributed by atoms with E-state index in [-0.39, 0.29) is 12.0 Å². The summed E-state index contributed by atoms with van der Waals surface area (Å²) in [5.41, 5.74) is 6.71. The molecule has 1 amide bonds. The molecule has 0 spiro atoms. The third-order valence-electron chi connectivity index (χ3n) is 3.59. The van der Waals surface area contributed by atoms with Gasteiger partial charge in [0, 0.05) is 31.2 Å². The zero-order valence-electron chi connectivity index (χ0n) is 10.5. The van der Waals surface area contributed by atoms with Crippen LogP contribution >= 0.6 is 0 Å². The molecule has 1 aliphatic heterocycles. The number of nitrogens with zero attached hydrogens (tertiary/aromatic N) is 2. The predicted octanol–water partition coefficient (Wildman–Crippen LogP) is 0.897. The lowest BCUT2D eigenvalue weighted by Gasteiger charge is -2.33. The molecule has 0 radical (unpaired) electrons. The molecular formula is C13H19N3O2. The van der Waals surface area contributed by atoms with Gasteiger partial charge in [-0.05, 0) is 31.7 Å². The summed E-state index contributed by atoms with van der Waals surface area (Å²) in [5, 5.41) is 9.53. The molecule has 1 unspecified atom stereocenters. The predicted molar refractivity (Wildman–Crippen MR) is 69.0 cm³/mol. The number of nitrogens with two attached hydrogens (primary N) is 1. The Morgan fingerprint density at radius 2 is 2.22 bits per heavy atom. The molecule has 0 saturated carbocycles. The zero-order chi connectivity index (χ0) is 13.1. The van der Waals surface area contributed by atoms with Crippen LogP contribution in [0.3, 0.4) is 0 Å². The number of aliphatic hydroxyl groups excluding tert-OH is 1.